The molecule has 2 aromatic rings. The molecule has 0 spiro atoms. The van der Waals surface area contributed by atoms with E-state index in [4.69, 9.17) is 4.74 Å². The van der Waals surface area contributed by atoms with Crippen LogP contribution in [0, 0.1) is 5.92 Å². The van der Waals surface area contributed by atoms with Crippen LogP contribution in [0.4, 0.5) is 0 Å². The number of benzene rings is 2. The molecule has 6 heteroatoms. The van der Waals surface area contributed by atoms with Gasteiger partial charge in [0.1, 0.15) is 6.04 Å². The average Bonchev–Trinajstić information content (AvgIpc) is 2.66. The third-order valence-electron chi connectivity index (χ3n) is 4.17. The zero-order chi connectivity index (χ0) is 19.8. The van der Waals surface area contributed by atoms with Gasteiger partial charge in [-0.1, -0.05) is 49.4 Å². The topological polar surface area (TPSA) is 92.7 Å². The minimum Gasteiger partial charge on any atom is -0.480 e. The number of amides is 1. The monoisotopic (exact) mass is 369 g/mol. The van der Waals surface area contributed by atoms with Crippen LogP contribution in [0.2, 0.25) is 0 Å². The van der Waals surface area contributed by atoms with Crippen LogP contribution >= 0.6 is 0 Å². The van der Waals surface area contributed by atoms with E-state index in [-0.39, 0.29) is 13.0 Å². The van der Waals surface area contributed by atoms with Crippen LogP contribution in [0.1, 0.15) is 30.6 Å². The molecule has 6 nitrogen and oxygen atoms in total. The molecule has 2 aromatic carbocycles. The normalized spacial score (nSPS) is 12.7. The van der Waals surface area contributed by atoms with E-state index >= 15 is 0 Å². The van der Waals surface area contributed by atoms with Gasteiger partial charge in [-0.05, 0) is 36.1 Å². The lowest BCUT2D eigenvalue weighted by Crippen LogP contribution is -2.45. The van der Waals surface area contributed by atoms with E-state index in [0.29, 0.717) is 5.56 Å². The molecule has 142 valence electrons. The standard InChI is InChI=1S/C21H23NO5/c1-3-27-18(23)13-14(2)19(21(25)26)22-20(24)17-11-9-16(10-12-17)15-7-5-4-6-8-15/h4-12,14,19H,3,13H2,1-2H3,(H,22,24)(H,25,26)/t14-,19-/m1/s1. The first-order valence-electron chi connectivity index (χ1n) is 8.77. The first-order valence-corrected chi connectivity index (χ1v) is 8.77. The van der Waals surface area contributed by atoms with Crippen molar-refractivity contribution < 1.29 is 24.2 Å². The van der Waals surface area contributed by atoms with E-state index in [2.05, 4.69) is 5.32 Å². The molecule has 0 bridgehead atoms. The van der Waals surface area contributed by atoms with Crippen LogP contribution in [0.3, 0.4) is 0 Å². The number of ether oxygens (including phenoxy) is 1. The van der Waals surface area contributed by atoms with Crippen LogP contribution in [0.5, 0.6) is 0 Å². The summed E-state index contributed by atoms with van der Waals surface area (Å²) in [6.07, 6.45) is -0.0853. The van der Waals surface area contributed by atoms with Crippen molar-refractivity contribution in [1.82, 2.24) is 5.32 Å². The van der Waals surface area contributed by atoms with Gasteiger partial charge in [-0.25, -0.2) is 4.79 Å². The number of rotatable bonds is 8. The van der Waals surface area contributed by atoms with E-state index in [1.54, 1.807) is 26.0 Å². The minimum absolute atomic E-state index is 0.0853. The number of hydrogen-bond donors (Lipinski definition) is 2. The Kier molecular flexibility index (Phi) is 7.11. The number of hydrogen-bond acceptors (Lipinski definition) is 4. The van der Waals surface area contributed by atoms with Gasteiger partial charge in [-0.2, -0.15) is 0 Å². The summed E-state index contributed by atoms with van der Waals surface area (Å²) in [5, 5.41) is 11.9. The Morgan fingerprint density at radius 1 is 1.00 bits per heavy atom. The van der Waals surface area contributed by atoms with Gasteiger partial charge >= 0.3 is 11.9 Å². The summed E-state index contributed by atoms with van der Waals surface area (Å²) in [6.45, 7) is 3.50. The molecule has 2 rings (SSSR count). The van der Waals surface area contributed by atoms with Gasteiger partial charge in [0.2, 0.25) is 0 Å². The lowest BCUT2D eigenvalue weighted by Gasteiger charge is -2.21. The summed E-state index contributed by atoms with van der Waals surface area (Å²) >= 11 is 0. The van der Waals surface area contributed by atoms with Crippen LogP contribution in [-0.2, 0) is 14.3 Å². The zero-order valence-electron chi connectivity index (χ0n) is 15.3. The summed E-state index contributed by atoms with van der Waals surface area (Å²) in [7, 11) is 0. The SMILES string of the molecule is CCOC(=O)C[C@@H](C)[C@@H](NC(=O)c1ccc(-c2ccccc2)cc1)C(=O)O. The zero-order valence-corrected chi connectivity index (χ0v) is 15.3. The Morgan fingerprint density at radius 3 is 2.15 bits per heavy atom. The fourth-order valence-corrected chi connectivity index (χ4v) is 2.72. The summed E-state index contributed by atoms with van der Waals surface area (Å²) in [5.74, 6) is -2.79. The highest BCUT2D eigenvalue weighted by Gasteiger charge is 2.29. The highest BCUT2D eigenvalue weighted by Crippen LogP contribution is 2.19. The predicted octanol–water partition coefficient (Wildman–Crippen LogP) is 3.13. The van der Waals surface area contributed by atoms with E-state index in [9.17, 15) is 19.5 Å². The van der Waals surface area contributed by atoms with Gasteiger partial charge in [0.25, 0.3) is 5.91 Å². The largest absolute Gasteiger partial charge is 0.480 e. The van der Waals surface area contributed by atoms with Gasteiger partial charge in [0, 0.05) is 5.56 Å². The molecule has 0 heterocycles. The van der Waals surface area contributed by atoms with Crippen molar-refractivity contribution in [3.8, 4) is 11.1 Å². The molecule has 27 heavy (non-hydrogen) atoms. The molecule has 0 aliphatic heterocycles. The Balaban J connectivity index is 2.06. The molecule has 0 aromatic heterocycles. The Hall–Kier alpha value is -3.15. The molecule has 2 atom stereocenters. The fourth-order valence-electron chi connectivity index (χ4n) is 2.72. The summed E-state index contributed by atoms with van der Waals surface area (Å²) in [5.41, 5.74) is 2.33. The Bertz CT molecular complexity index is 786. The van der Waals surface area contributed by atoms with Crippen LogP contribution in [0.15, 0.2) is 54.6 Å². The molecular formula is C21H23NO5. The van der Waals surface area contributed by atoms with Crippen molar-refractivity contribution in [2.45, 2.75) is 26.3 Å². The van der Waals surface area contributed by atoms with Crippen LogP contribution < -0.4 is 5.32 Å². The van der Waals surface area contributed by atoms with Gasteiger partial charge < -0.3 is 15.2 Å². The van der Waals surface area contributed by atoms with Crippen molar-refractivity contribution in [3.63, 3.8) is 0 Å². The quantitative estimate of drug-likeness (QED) is 0.698. The van der Waals surface area contributed by atoms with Crippen LogP contribution in [-0.4, -0.2) is 35.6 Å². The maximum atomic E-state index is 12.4. The van der Waals surface area contributed by atoms with Crippen LogP contribution in [0.25, 0.3) is 11.1 Å². The van der Waals surface area contributed by atoms with E-state index in [1.165, 1.54) is 0 Å². The van der Waals surface area contributed by atoms with Gasteiger partial charge in [-0.15, -0.1) is 0 Å². The molecule has 0 fully saturated rings. The lowest BCUT2D eigenvalue weighted by atomic mass is 9.97. The Labute approximate surface area is 158 Å². The third kappa shape index (κ3) is 5.67. The lowest BCUT2D eigenvalue weighted by molar-refractivity contribution is -0.145. The van der Waals surface area contributed by atoms with Crippen molar-refractivity contribution in [2.75, 3.05) is 6.61 Å². The fraction of sp³-hybridized carbons (Fsp3) is 0.286. The van der Waals surface area contributed by atoms with Crippen molar-refractivity contribution >= 4 is 17.8 Å². The third-order valence-corrected chi connectivity index (χ3v) is 4.17. The Morgan fingerprint density at radius 2 is 1.59 bits per heavy atom. The molecule has 0 saturated carbocycles. The second-order valence-electron chi connectivity index (χ2n) is 6.22. The number of carbonyl (C=O) groups excluding carboxylic acids is 2. The maximum Gasteiger partial charge on any atom is 0.326 e. The number of aliphatic carboxylic acids is 1. The second kappa shape index (κ2) is 9.52. The number of carbonyl (C=O) groups is 3. The summed E-state index contributed by atoms with van der Waals surface area (Å²) < 4.78 is 4.84. The van der Waals surface area contributed by atoms with E-state index in [1.807, 2.05) is 42.5 Å². The molecule has 2 N–H and O–H groups in total. The van der Waals surface area contributed by atoms with Crippen molar-refractivity contribution in [2.24, 2.45) is 5.92 Å². The van der Waals surface area contributed by atoms with E-state index in [0.717, 1.165) is 11.1 Å². The number of carboxylic acids is 1. The summed E-state index contributed by atoms with van der Waals surface area (Å²) in [6, 6.07) is 15.4. The molecule has 0 unspecified atom stereocenters. The van der Waals surface area contributed by atoms with Gasteiger partial charge in [-0.3, -0.25) is 9.59 Å². The van der Waals surface area contributed by atoms with Gasteiger partial charge in [0.05, 0.1) is 13.0 Å². The first kappa shape index (κ1) is 20.2. The van der Waals surface area contributed by atoms with Crippen molar-refractivity contribution in [1.29, 1.82) is 0 Å². The summed E-state index contributed by atoms with van der Waals surface area (Å²) in [4.78, 5) is 35.5. The maximum absolute atomic E-state index is 12.4. The van der Waals surface area contributed by atoms with Crippen molar-refractivity contribution in [3.05, 3.63) is 60.2 Å². The highest BCUT2D eigenvalue weighted by atomic mass is 16.5. The first-order chi connectivity index (χ1) is 12.9. The minimum atomic E-state index is -1.19. The van der Waals surface area contributed by atoms with E-state index < -0.39 is 29.8 Å². The average molecular weight is 369 g/mol. The second-order valence-corrected chi connectivity index (χ2v) is 6.22. The molecule has 0 aliphatic carbocycles. The molecule has 0 radical (unpaired) electrons. The highest BCUT2D eigenvalue weighted by molar-refractivity contribution is 5.97. The molecule has 0 saturated heterocycles. The number of esters is 1. The molecule has 1 amide bonds. The molecule has 0 aliphatic rings. The number of nitrogens with one attached hydrogen (secondary N) is 1. The number of carboxylic acid groups (broad SMARTS) is 1. The smallest absolute Gasteiger partial charge is 0.326 e. The van der Waals surface area contributed by atoms with Gasteiger partial charge in [0.15, 0.2) is 0 Å². The molecular weight excluding hydrogens is 346 g/mol. The predicted molar refractivity (Wildman–Crippen MR) is 101 cm³/mol.